The topological polar surface area (TPSA) is 105 Å². The summed E-state index contributed by atoms with van der Waals surface area (Å²) in [4.78, 5) is 27.7. The molecule has 0 aliphatic heterocycles. The standard InChI is InChI=1S/C12H13N3O4S/c1-11(9(16)17,10(18)19)12(2,8-4-3-5-20-8)15-7-13-6-14-15/h3-7H,1-2H3,(H,16,17)(H,18,19). The highest BCUT2D eigenvalue weighted by atomic mass is 32.1. The van der Waals surface area contributed by atoms with Crippen LogP contribution >= 0.6 is 11.3 Å². The first kappa shape index (κ1) is 14.2. The van der Waals surface area contributed by atoms with E-state index in [1.807, 2.05) is 0 Å². The van der Waals surface area contributed by atoms with E-state index >= 15 is 0 Å². The maximum Gasteiger partial charge on any atom is 0.323 e. The van der Waals surface area contributed by atoms with Crippen LogP contribution < -0.4 is 0 Å². The molecule has 20 heavy (non-hydrogen) atoms. The molecule has 2 N–H and O–H groups in total. The molecule has 2 heterocycles. The van der Waals surface area contributed by atoms with Gasteiger partial charge in [0.05, 0.1) is 0 Å². The maximum atomic E-state index is 11.7. The number of nitrogens with zero attached hydrogens (tertiary/aromatic N) is 3. The number of hydrogen-bond acceptors (Lipinski definition) is 5. The summed E-state index contributed by atoms with van der Waals surface area (Å²) in [6.45, 7) is 2.72. The zero-order chi connectivity index (χ0) is 15.0. The van der Waals surface area contributed by atoms with E-state index in [0.29, 0.717) is 4.88 Å². The molecule has 0 radical (unpaired) electrons. The van der Waals surface area contributed by atoms with Gasteiger partial charge in [-0.1, -0.05) is 6.07 Å². The van der Waals surface area contributed by atoms with Crippen molar-refractivity contribution in [2.45, 2.75) is 19.4 Å². The van der Waals surface area contributed by atoms with E-state index in [1.54, 1.807) is 17.5 Å². The second-order valence-electron chi connectivity index (χ2n) is 4.62. The SMILES string of the molecule is CC(C(=O)O)(C(=O)O)C(C)(c1cccs1)n1cncn1. The van der Waals surface area contributed by atoms with E-state index in [0.717, 1.165) is 0 Å². The molecule has 0 bridgehead atoms. The van der Waals surface area contributed by atoms with Crippen LogP contribution in [0.3, 0.4) is 0 Å². The Bertz CT molecular complexity index is 573. The van der Waals surface area contributed by atoms with Crippen molar-refractivity contribution in [1.29, 1.82) is 0 Å². The highest BCUT2D eigenvalue weighted by Gasteiger charge is 2.60. The maximum absolute atomic E-state index is 11.7. The minimum absolute atomic E-state index is 0.579. The summed E-state index contributed by atoms with van der Waals surface area (Å²) in [7, 11) is 0. The summed E-state index contributed by atoms with van der Waals surface area (Å²) < 4.78 is 1.28. The Morgan fingerprint density at radius 2 is 1.95 bits per heavy atom. The lowest BCUT2D eigenvalue weighted by molar-refractivity contribution is -0.170. The van der Waals surface area contributed by atoms with Gasteiger partial charge < -0.3 is 10.2 Å². The van der Waals surface area contributed by atoms with Crippen molar-refractivity contribution in [3.05, 3.63) is 35.0 Å². The summed E-state index contributed by atoms with van der Waals surface area (Å²) in [5.41, 5.74) is -3.49. The Morgan fingerprint density at radius 3 is 2.35 bits per heavy atom. The quantitative estimate of drug-likeness (QED) is 0.805. The molecular weight excluding hydrogens is 282 g/mol. The van der Waals surface area contributed by atoms with Gasteiger partial charge in [-0.05, 0) is 25.3 Å². The lowest BCUT2D eigenvalue weighted by Gasteiger charge is -2.39. The van der Waals surface area contributed by atoms with Gasteiger partial charge in [0, 0.05) is 4.88 Å². The van der Waals surface area contributed by atoms with Crippen molar-refractivity contribution in [2.75, 3.05) is 0 Å². The second kappa shape index (κ2) is 4.71. The highest BCUT2D eigenvalue weighted by Crippen LogP contribution is 2.45. The highest BCUT2D eigenvalue weighted by molar-refractivity contribution is 7.10. The van der Waals surface area contributed by atoms with Gasteiger partial charge in [0.2, 0.25) is 0 Å². The fourth-order valence-corrected chi connectivity index (χ4v) is 3.08. The van der Waals surface area contributed by atoms with Crippen LogP contribution in [0.25, 0.3) is 0 Å². The summed E-state index contributed by atoms with van der Waals surface area (Å²) in [6, 6.07) is 3.43. The Labute approximate surface area is 118 Å². The summed E-state index contributed by atoms with van der Waals surface area (Å²) >= 11 is 1.27. The molecule has 0 spiro atoms. The molecule has 106 valence electrons. The average Bonchev–Trinajstić information content (AvgIpc) is 3.08. The van der Waals surface area contributed by atoms with Gasteiger partial charge in [-0.15, -0.1) is 11.3 Å². The van der Waals surface area contributed by atoms with Crippen LogP contribution in [0.2, 0.25) is 0 Å². The largest absolute Gasteiger partial charge is 0.480 e. The lowest BCUT2D eigenvalue weighted by atomic mass is 9.70. The van der Waals surface area contributed by atoms with Gasteiger partial charge in [0.1, 0.15) is 18.2 Å². The molecule has 0 saturated heterocycles. The third-order valence-corrected chi connectivity index (χ3v) is 4.79. The van der Waals surface area contributed by atoms with Gasteiger partial charge in [0.25, 0.3) is 0 Å². The fourth-order valence-electron chi connectivity index (χ4n) is 2.09. The molecule has 8 heteroatoms. The fraction of sp³-hybridized carbons (Fsp3) is 0.333. The van der Waals surface area contributed by atoms with Crippen molar-refractivity contribution >= 4 is 23.3 Å². The number of thiophene rings is 1. The predicted molar refractivity (Wildman–Crippen MR) is 70.5 cm³/mol. The first-order chi connectivity index (χ1) is 9.35. The molecule has 2 rings (SSSR count). The number of aromatic nitrogens is 3. The zero-order valence-electron chi connectivity index (χ0n) is 10.8. The molecule has 0 fully saturated rings. The summed E-state index contributed by atoms with van der Waals surface area (Å²) in [6.07, 6.45) is 2.57. The van der Waals surface area contributed by atoms with Crippen molar-refractivity contribution in [3.8, 4) is 0 Å². The van der Waals surface area contributed by atoms with Gasteiger partial charge in [-0.3, -0.25) is 9.59 Å². The summed E-state index contributed by atoms with van der Waals surface area (Å²) in [5, 5.41) is 24.7. The Kier molecular flexibility index (Phi) is 3.34. The number of rotatable bonds is 5. The molecule has 7 nitrogen and oxygen atoms in total. The second-order valence-corrected chi connectivity index (χ2v) is 5.57. The molecule has 2 aromatic heterocycles. The molecule has 1 atom stereocenters. The lowest BCUT2D eigenvalue weighted by Crippen LogP contribution is -2.56. The summed E-state index contributed by atoms with van der Waals surface area (Å²) in [5.74, 6) is -2.87. The Morgan fingerprint density at radius 1 is 1.30 bits per heavy atom. The van der Waals surface area contributed by atoms with Crippen LogP contribution in [0.4, 0.5) is 0 Å². The molecular formula is C12H13N3O4S. The van der Waals surface area contributed by atoms with Gasteiger partial charge in [0.15, 0.2) is 5.41 Å². The number of carboxylic acids is 2. The van der Waals surface area contributed by atoms with Crippen molar-refractivity contribution in [1.82, 2.24) is 14.8 Å². The van der Waals surface area contributed by atoms with E-state index in [1.165, 1.54) is 42.5 Å². The first-order valence-corrected chi connectivity index (χ1v) is 6.59. The van der Waals surface area contributed by atoms with E-state index in [9.17, 15) is 19.8 Å². The van der Waals surface area contributed by atoms with E-state index < -0.39 is 22.9 Å². The third-order valence-electron chi connectivity index (χ3n) is 3.71. The van der Waals surface area contributed by atoms with Crippen molar-refractivity contribution < 1.29 is 19.8 Å². The van der Waals surface area contributed by atoms with Crippen LogP contribution in [0.5, 0.6) is 0 Å². The minimum atomic E-state index is -2.09. The number of carboxylic acid groups (broad SMARTS) is 2. The van der Waals surface area contributed by atoms with Crippen LogP contribution in [0.1, 0.15) is 18.7 Å². The molecule has 0 aliphatic rings. The molecule has 1 unspecified atom stereocenters. The van der Waals surface area contributed by atoms with Crippen molar-refractivity contribution in [3.63, 3.8) is 0 Å². The number of carbonyl (C=O) groups is 2. The Balaban J connectivity index is 2.77. The molecule has 0 aliphatic carbocycles. The van der Waals surface area contributed by atoms with Crippen molar-refractivity contribution in [2.24, 2.45) is 5.41 Å². The van der Waals surface area contributed by atoms with Crippen LogP contribution in [-0.2, 0) is 15.1 Å². The van der Waals surface area contributed by atoms with Gasteiger partial charge in [-0.25, -0.2) is 9.67 Å². The zero-order valence-corrected chi connectivity index (χ0v) is 11.7. The first-order valence-electron chi connectivity index (χ1n) is 5.71. The smallest absolute Gasteiger partial charge is 0.323 e. The van der Waals surface area contributed by atoms with E-state index in [-0.39, 0.29) is 0 Å². The van der Waals surface area contributed by atoms with Crippen LogP contribution in [0.15, 0.2) is 30.2 Å². The van der Waals surface area contributed by atoms with Crippen LogP contribution in [0, 0.1) is 5.41 Å². The minimum Gasteiger partial charge on any atom is -0.480 e. The number of hydrogen-bond donors (Lipinski definition) is 2. The third kappa shape index (κ3) is 1.72. The number of aliphatic carboxylic acids is 2. The Hall–Kier alpha value is -2.22. The van der Waals surface area contributed by atoms with E-state index in [2.05, 4.69) is 10.1 Å². The van der Waals surface area contributed by atoms with E-state index in [4.69, 9.17) is 0 Å². The van der Waals surface area contributed by atoms with Crippen LogP contribution in [-0.4, -0.2) is 36.9 Å². The average molecular weight is 295 g/mol. The molecule has 0 saturated carbocycles. The normalized spacial score (nSPS) is 14.7. The molecule has 0 aromatic carbocycles. The molecule has 2 aromatic rings. The molecule has 0 amide bonds. The monoisotopic (exact) mass is 295 g/mol. The van der Waals surface area contributed by atoms with Gasteiger partial charge >= 0.3 is 11.9 Å². The van der Waals surface area contributed by atoms with Gasteiger partial charge in [-0.2, -0.15) is 5.10 Å². The predicted octanol–water partition coefficient (Wildman–Crippen LogP) is 1.28.